The molecule has 0 aliphatic carbocycles. The molecule has 0 aromatic heterocycles. The van der Waals surface area contributed by atoms with Crippen LogP contribution in [0.4, 0.5) is 0 Å². The molecule has 1 saturated heterocycles. The van der Waals surface area contributed by atoms with E-state index in [0.717, 1.165) is 45.4 Å². The lowest BCUT2D eigenvalue weighted by Gasteiger charge is -2.29. The van der Waals surface area contributed by atoms with E-state index in [9.17, 15) is 4.79 Å². The van der Waals surface area contributed by atoms with Gasteiger partial charge in [-0.3, -0.25) is 4.79 Å². The van der Waals surface area contributed by atoms with Gasteiger partial charge in [-0.2, -0.15) is 0 Å². The summed E-state index contributed by atoms with van der Waals surface area (Å²) in [5, 5.41) is 0. The van der Waals surface area contributed by atoms with Gasteiger partial charge < -0.3 is 9.64 Å². The number of ether oxygens (including phenoxy) is 1. The Hall–Kier alpha value is -0.870. The molecule has 0 saturated carbocycles. The van der Waals surface area contributed by atoms with Gasteiger partial charge in [0.15, 0.2) is 0 Å². The fraction of sp³-hybridized carbons (Fsp3) is 0.562. The van der Waals surface area contributed by atoms with Gasteiger partial charge in [-0.15, -0.1) is 0 Å². The van der Waals surface area contributed by atoms with Crippen LogP contribution in [0.3, 0.4) is 0 Å². The third kappa shape index (κ3) is 3.07. The standard InChI is InChI=1S/C16H20BrNO2/c17-15-5-1-3-12-11-18(9-8-14(12)15)16(19)7-6-13-4-2-10-20-13/h1,3,5,13H,2,4,6-11H2. The maximum absolute atomic E-state index is 12.3. The first-order chi connectivity index (χ1) is 9.74. The van der Waals surface area contributed by atoms with E-state index in [1.54, 1.807) is 0 Å². The van der Waals surface area contributed by atoms with E-state index in [-0.39, 0.29) is 5.91 Å². The summed E-state index contributed by atoms with van der Waals surface area (Å²) < 4.78 is 6.75. The van der Waals surface area contributed by atoms with E-state index in [2.05, 4.69) is 28.1 Å². The van der Waals surface area contributed by atoms with Crippen LogP contribution in [-0.2, 0) is 22.5 Å². The molecular weight excluding hydrogens is 318 g/mol. The molecule has 1 fully saturated rings. The van der Waals surface area contributed by atoms with Crippen molar-refractivity contribution in [3.8, 4) is 0 Å². The maximum Gasteiger partial charge on any atom is 0.222 e. The number of carbonyl (C=O) groups is 1. The Labute approximate surface area is 128 Å². The molecule has 1 unspecified atom stereocenters. The van der Waals surface area contributed by atoms with E-state index >= 15 is 0 Å². The summed E-state index contributed by atoms with van der Waals surface area (Å²) in [6.07, 6.45) is 5.01. The first kappa shape index (κ1) is 14.1. The van der Waals surface area contributed by atoms with Gasteiger partial charge in [-0.25, -0.2) is 0 Å². The highest BCUT2D eigenvalue weighted by atomic mass is 79.9. The summed E-state index contributed by atoms with van der Waals surface area (Å²) in [4.78, 5) is 14.3. The number of fused-ring (bicyclic) bond motifs is 1. The van der Waals surface area contributed by atoms with Crippen LogP contribution in [0.2, 0.25) is 0 Å². The Morgan fingerprint density at radius 3 is 3.15 bits per heavy atom. The van der Waals surface area contributed by atoms with Crippen molar-refractivity contribution in [1.29, 1.82) is 0 Å². The zero-order chi connectivity index (χ0) is 13.9. The van der Waals surface area contributed by atoms with Crippen LogP contribution in [-0.4, -0.2) is 30.1 Å². The van der Waals surface area contributed by atoms with Crippen molar-refractivity contribution in [3.05, 3.63) is 33.8 Å². The Morgan fingerprint density at radius 1 is 1.45 bits per heavy atom. The topological polar surface area (TPSA) is 29.5 Å². The van der Waals surface area contributed by atoms with Crippen LogP contribution in [0.25, 0.3) is 0 Å². The largest absolute Gasteiger partial charge is 0.378 e. The summed E-state index contributed by atoms with van der Waals surface area (Å²) in [7, 11) is 0. The molecule has 108 valence electrons. The number of rotatable bonds is 3. The molecule has 0 spiro atoms. The number of benzene rings is 1. The van der Waals surface area contributed by atoms with Crippen LogP contribution in [0.5, 0.6) is 0 Å². The van der Waals surface area contributed by atoms with Crippen LogP contribution in [0.1, 0.15) is 36.8 Å². The Bertz CT molecular complexity index is 497. The number of amides is 1. The number of hydrogen-bond donors (Lipinski definition) is 0. The van der Waals surface area contributed by atoms with Crippen molar-refractivity contribution in [1.82, 2.24) is 4.90 Å². The third-order valence-corrected chi connectivity index (χ3v) is 5.01. The SMILES string of the molecule is O=C(CCC1CCCO1)N1CCc2c(Br)cccc2C1. The average Bonchev–Trinajstić information content (AvgIpc) is 2.98. The Kier molecular flexibility index (Phi) is 4.41. The Balaban J connectivity index is 1.57. The quantitative estimate of drug-likeness (QED) is 0.846. The van der Waals surface area contributed by atoms with Crippen molar-refractivity contribution >= 4 is 21.8 Å². The average molecular weight is 338 g/mol. The number of nitrogens with zero attached hydrogens (tertiary/aromatic N) is 1. The van der Waals surface area contributed by atoms with Gasteiger partial charge in [-0.1, -0.05) is 28.1 Å². The predicted molar refractivity (Wildman–Crippen MR) is 81.5 cm³/mol. The van der Waals surface area contributed by atoms with Gasteiger partial charge in [0.2, 0.25) is 5.91 Å². The van der Waals surface area contributed by atoms with Crippen molar-refractivity contribution in [2.45, 2.75) is 44.8 Å². The summed E-state index contributed by atoms with van der Waals surface area (Å²) in [6, 6.07) is 6.25. The van der Waals surface area contributed by atoms with Crippen molar-refractivity contribution in [2.75, 3.05) is 13.2 Å². The minimum absolute atomic E-state index is 0.270. The van der Waals surface area contributed by atoms with E-state index < -0.39 is 0 Å². The molecule has 4 heteroatoms. The van der Waals surface area contributed by atoms with Gasteiger partial charge in [0.1, 0.15) is 0 Å². The molecule has 1 amide bonds. The second kappa shape index (κ2) is 6.27. The van der Waals surface area contributed by atoms with Gasteiger partial charge in [-0.05, 0) is 42.9 Å². The van der Waals surface area contributed by atoms with E-state index in [4.69, 9.17) is 4.74 Å². The molecule has 2 heterocycles. The monoisotopic (exact) mass is 337 g/mol. The highest BCUT2D eigenvalue weighted by Gasteiger charge is 2.23. The highest BCUT2D eigenvalue weighted by Crippen LogP contribution is 2.27. The molecule has 2 aliphatic heterocycles. The fourth-order valence-corrected chi connectivity index (χ4v) is 3.70. The van der Waals surface area contributed by atoms with Gasteiger partial charge in [0.05, 0.1) is 6.10 Å². The first-order valence-electron chi connectivity index (χ1n) is 7.39. The molecular formula is C16H20BrNO2. The second-order valence-electron chi connectivity index (χ2n) is 5.62. The lowest BCUT2D eigenvalue weighted by Crippen LogP contribution is -2.36. The molecule has 1 aromatic rings. The van der Waals surface area contributed by atoms with Gasteiger partial charge in [0, 0.05) is 30.6 Å². The zero-order valence-corrected chi connectivity index (χ0v) is 13.2. The minimum Gasteiger partial charge on any atom is -0.378 e. The molecule has 3 nitrogen and oxygen atoms in total. The normalized spacial score (nSPS) is 21.9. The van der Waals surface area contributed by atoms with E-state index in [0.29, 0.717) is 12.5 Å². The molecule has 0 radical (unpaired) electrons. The number of carbonyl (C=O) groups excluding carboxylic acids is 1. The smallest absolute Gasteiger partial charge is 0.222 e. The lowest BCUT2D eigenvalue weighted by atomic mass is 9.99. The number of halogens is 1. The van der Waals surface area contributed by atoms with Crippen molar-refractivity contribution in [3.63, 3.8) is 0 Å². The van der Waals surface area contributed by atoms with Gasteiger partial charge in [0.25, 0.3) is 0 Å². The molecule has 3 rings (SSSR count). The molecule has 0 bridgehead atoms. The third-order valence-electron chi connectivity index (χ3n) is 4.27. The van der Waals surface area contributed by atoms with Crippen molar-refractivity contribution < 1.29 is 9.53 Å². The van der Waals surface area contributed by atoms with Crippen molar-refractivity contribution in [2.24, 2.45) is 0 Å². The predicted octanol–water partition coefficient (Wildman–Crippen LogP) is 3.29. The maximum atomic E-state index is 12.3. The highest BCUT2D eigenvalue weighted by molar-refractivity contribution is 9.10. The van der Waals surface area contributed by atoms with Crippen LogP contribution in [0.15, 0.2) is 22.7 Å². The van der Waals surface area contributed by atoms with E-state index in [1.165, 1.54) is 15.6 Å². The molecule has 2 aliphatic rings. The molecule has 1 aromatic carbocycles. The summed E-state index contributed by atoms with van der Waals surface area (Å²) in [6.45, 7) is 2.45. The molecule has 1 atom stereocenters. The van der Waals surface area contributed by atoms with Crippen LogP contribution < -0.4 is 0 Å². The zero-order valence-electron chi connectivity index (χ0n) is 11.6. The summed E-state index contributed by atoms with van der Waals surface area (Å²) >= 11 is 3.59. The summed E-state index contributed by atoms with van der Waals surface area (Å²) in [5.41, 5.74) is 2.63. The Morgan fingerprint density at radius 2 is 2.35 bits per heavy atom. The molecule has 20 heavy (non-hydrogen) atoms. The minimum atomic E-state index is 0.270. The summed E-state index contributed by atoms with van der Waals surface area (Å²) in [5.74, 6) is 0.270. The van der Waals surface area contributed by atoms with Crippen LogP contribution >= 0.6 is 15.9 Å². The second-order valence-corrected chi connectivity index (χ2v) is 6.47. The fourth-order valence-electron chi connectivity index (χ4n) is 3.09. The van der Waals surface area contributed by atoms with Gasteiger partial charge >= 0.3 is 0 Å². The van der Waals surface area contributed by atoms with E-state index in [1.807, 2.05) is 11.0 Å². The first-order valence-corrected chi connectivity index (χ1v) is 8.19. The van der Waals surface area contributed by atoms with Crippen LogP contribution in [0, 0.1) is 0 Å². The lowest BCUT2D eigenvalue weighted by molar-refractivity contribution is -0.132. The number of hydrogen-bond acceptors (Lipinski definition) is 2. The molecule has 0 N–H and O–H groups in total.